The molecule has 1 aliphatic rings. The minimum atomic E-state index is -3.66. The van der Waals surface area contributed by atoms with E-state index in [0.717, 1.165) is 30.5 Å². The second-order valence-corrected chi connectivity index (χ2v) is 8.00. The predicted molar refractivity (Wildman–Crippen MR) is 94.5 cm³/mol. The smallest absolute Gasteiger partial charge is 0.252 e. The lowest BCUT2D eigenvalue weighted by molar-refractivity contribution is 0.108. The quantitative estimate of drug-likeness (QED) is 0.739. The van der Waals surface area contributed by atoms with Gasteiger partial charge in [-0.15, -0.1) is 12.4 Å². The van der Waals surface area contributed by atoms with Crippen molar-refractivity contribution in [3.8, 4) is 0 Å². The molecule has 0 atom stereocenters. The summed E-state index contributed by atoms with van der Waals surface area (Å²) in [6.45, 7) is 3.19. The van der Waals surface area contributed by atoms with Gasteiger partial charge in [0.1, 0.15) is 4.90 Å². The lowest BCUT2D eigenvalue weighted by Gasteiger charge is -2.35. The van der Waals surface area contributed by atoms with E-state index in [4.69, 9.17) is 11.6 Å². The number of carbonyl (C=O) groups excluding carboxylic acids is 1. The van der Waals surface area contributed by atoms with Crippen molar-refractivity contribution in [2.75, 3.05) is 52.2 Å². The number of likely N-dealkylation sites (N-methyl/N-ethyl adjacent to an activating group) is 1. The zero-order chi connectivity index (χ0) is 16.5. The Morgan fingerprint density at radius 1 is 1.17 bits per heavy atom. The minimum absolute atomic E-state index is 0. The lowest BCUT2D eigenvalue weighted by atomic mass is 10.2. The fourth-order valence-corrected chi connectivity index (χ4v) is 3.60. The molecule has 0 unspecified atom stereocenters. The maximum atomic E-state index is 12.6. The van der Waals surface area contributed by atoms with E-state index in [9.17, 15) is 13.2 Å². The molecule has 0 saturated carbocycles. The average Bonchev–Trinajstić information content (AvgIpc) is 2.47. The Bertz CT molecular complexity index is 672. The van der Waals surface area contributed by atoms with Crippen LogP contribution in [0.4, 0.5) is 5.69 Å². The molecule has 0 aromatic heterocycles. The summed E-state index contributed by atoms with van der Waals surface area (Å²) in [7, 11) is 1.31. The van der Waals surface area contributed by atoms with E-state index < -0.39 is 15.3 Å². The highest BCUT2D eigenvalue weighted by Gasteiger charge is 2.26. The van der Waals surface area contributed by atoms with Crippen LogP contribution in [-0.4, -0.2) is 70.2 Å². The molecule has 1 aliphatic heterocycles. The maximum absolute atomic E-state index is 12.6. The summed E-state index contributed by atoms with van der Waals surface area (Å²) >= 11 is 5.49. The fraction of sp³-hybridized carbons (Fsp3) is 0.500. The second kappa shape index (κ2) is 7.81. The van der Waals surface area contributed by atoms with Gasteiger partial charge in [0, 0.05) is 45.8 Å². The Labute approximate surface area is 148 Å². The Kier molecular flexibility index (Phi) is 6.85. The molecule has 0 N–H and O–H groups in total. The topological polar surface area (TPSA) is 60.9 Å². The third kappa shape index (κ3) is 4.36. The molecule has 0 aliphatic carbocycles. The molecule has 1 fully saturated rings. The van der Waals surface area contributed by atoms with E-state index in [1.165, 1.54) is 20.2 Å². The molecular weight excluding hydrogens is 361 g/mol. The van der Waals surface area contributed by atoms with E-state index in [0.29, 0.717) is 5.69 Å². The van der Waals surface area contributed by atoms with Crippen LogP contribution in [0.2, 0.25) is 0 Å². The first-order chi connectivity index (χ1) is 10.2. The molecule has 0 radical (unpaired) electrons. The number of benzene rings is 1. The van der Waals surface area contributed by atoms with Gasteiger partial charge in [0.2, 0.25) is 10.0 Å². The third-order valence-corrected chi connectivity index (χ3v) is 5.85. The first-order valence-corrected chi connectivity index (χ1v) is 8.75. The van der Waals surface area contributed by atoms with Crippen molar-refractivity contribution in [1.82, 2.24) is 9.21 Å². The van der Waals surface area contributed by atoms with Gasteiger partial charge in [-0.05, 0) is 36.8 Å². The monoisotopic (exact) mass is 381 g/mol. The summed E-state index contributed by atoms with van der Waals surface area (Å²) in [5.41, 5.74) is 0.795. The van der Waals surface area contributed by atoms with Gasteiger partial charge < -0.3 is 9.80 Å². The standard InChI is InChI=1S/C14H20ClN3O3S.ClH/c1-16(2)22(20,21)13-10-11(14(15)19)4-5-12(13)18-8-6-17(3)7-9-18;/h4-5,10H,6-9H2,1-3H3;1H. The van der Waals surface area contributed by atoms with Gasteiger partial charge in [0.25, 0.3) is 5.24 Å². The maximum Gasteiger partial charge on any atom is 0.252 e. The Balaban J connectivity index is 0.00000264. The number of sulfonamides is 1. The molecule has 0 amide bonds. The van der Waals surface area contributed by atoms with Crippen LogP contribution in [0.1, 0.15) is 10.4 Å². The number of nitrogens with zero attached hydrogens (tertiary/aromatic N) is 3. The van der Waals surface area contributed by atoms with E-state index >= 15 is 0 Å². The van der Waals surface area contributed by atoms with Crippen LogP contribution in [0.15, 0.2) is 23.1 Å². The Hall–Kier alpha value is -0.860. The lowest BCUT2D eigenvalue weighted by Crippen LogP contribution is -2.45. The summed E-state index contributed by atoms with van der Waals surface area (Å²) in [6, 6.07) is 4.59. The highest BCUT2D eigenvalue weighted by molar-refractivity contribution is 7.89. The van der Waals surface area contributed by atoms with Gasteiger partial charge in [-0.2, -0.15) is 0 Å². The average molecular weight is 382 g/mol. The number of piperazine rings is 1. The molecule has 6 nitrogen and oxygen atoms in total. The van der Waals surface area contributed by atoms with Gasteiger partial charge in [-0.1, -0.05) is 0 Å². The zero-order valence-corrected chi connectivity index (χ0v) is 15.7. The van der Waals surface area contributed by atoms with E-state index in [2.05, 4.69) is 4.90 Å². The first-order valence-electron chi connectivity index (χ1n) is 6.93. The summed E-state index contributed by atoms with van der Waals surface area (Å²) < 4.78 is 26.3. The summed E-state index contributed by atoms with van der Waals surface area (Å²) in [5.74, 6) is 0. The van der Waals surface area contributed by atoms with Crippen LogP contribution in [0.5, 0.6) is 0 Å². The second-order valence-electron chi connectivity index (χ2n) is 5.53. The molecule has 9 heteroatoms. The number of hydrogen-bond donors (Lipinski definition) is 0. The molecule has 0 bridgehead atoms. The van der Waals surface area contributed by atoms with Crippen molar-refractivity contribution in [1.29, 1.82) is 0 Å². The molecule has 23 heavy (non-hydrogen) atoms. The Morgan fingerprint density at radius 3 is 2.22 bits per heavy atom. The van der Waals surface area contributed by atoms with Gasteiger partial charge in [-0.3, -0.25) is 4.79 Å². The zero-order valence-electron chi connectivity index (χ0n) is 13.3. The molecule has 130 valence electrons. The van der Waals surface area contributed by atoms with Crippen molar-refractivity contribution in [2.24, 2.45) is 0 Å². The number of hydrogen-bond acceptors (Lipinski definition) is 5. The number of carbonyl (C=O) groups is 1. The highest BCUT2D eigenvalue weighted by Crippen LogP contribution is 2.29. The van der Waals surface area contributed by atoms with E-state index in [1.54, 1.807) is 12.1 Å². The fourth-order valence-electron chi connectivity index (χ4n) is 2.35. The molecule has 2 rings (SSSR count). The van der Waals surface area contributed by atoms with Crippen LogP contribution in [0, 0.1) is 0 Å². The SMILES string of the molecule is CN1CCN(c2ccc(C(=O)Cl)cc2S(=O)(=O)N(C)C)CC1.Cl. The van der Waals surface area contributed by atoms with Crippen LogP contribution in [-0.2, 0) is 10.0 Å². The summed E-state index contributed by atoms with van der Waals surface area (Å²) in [4.78, 5) is 15.7. The molecule has 1 aromatic carbocycles. The Morgan fingerprint density at radius 2 is 1.74 bits per heavy atom. The molecule has 1 heterocycles. The van der Waals surface area contributed by atoms with E-state index in [-0.39, 0.29) is 22.9 Å². The highest BCUT2D eigenvalue weighted by atomic mass is 35.5. The largest absolute Gasteiger partial charge is 0.368 e. The minimum Gasteiger partial charge on any atom is -0.368 e. The van der Waals surface area contributed by atoms with Crippen LogP contribution in [0.3, 0.4) is 0 Å². The van der Waals surface area contributed by atoms with Crippen molar-refractivity contribution < 1.29 is 13.2 Å². The number of rotatable bonds is 4. The van der Waals surface area contributed by atoms with Crippen molar-refractivity contribution >= 4 is 45.0 Å². The summed E-state index contributed by atoms with van der Waals surface area (Å²) in [5, 5.41) is -0.667. The predicted octanol–water partition coefficient (Wildman–Crippen LogP) is 1.49. The summed E-state index contributed by atoms with van der Waals surface area (Å²) in [6.07, 6.45) is 0. The van der Waals surface area contributed by atoms with Gasteiger partial charge in [0.05, 0.1) is 5.69 Å². The number of anilines is 1. The number of halogens is 2. The van der Waals surface area contributed by atoms with Gasteiger partial charge in [0.15, 0.2) is 0 Å². The third-order valence-electron chi connectivity index (χ3n) is 3.79. The van der Waals surface area contributed by atoms with Crippen molar-refractivity contribution in [2.45, 2.75) is 4.90 Å². The van der Waals surface area contributed by atoms with Crippen molar-refractivity contribution in [3.63, 3.8) is 0 Å². The van der Waals surface area contributed by atoms with Gasteiger partial charge in [-0.25, -0.2) is 12.7 Å². The van der Waals surface area contributed by atoms with Gasteiger partial charge >= 0.3 is 0 Å². The van der Waals surface area contributed by atoms with E-state index in [1.807, 2.05) is 11.9 Å². The van der Waals surface area contributed by atoms with Crippen molar-refractivity contribution in [3.05, 3.63) is 23.8 Å². The molecule has 0 spiro atoms. The van der Waals surface area contributed by atoms with Crippen LogP contribution >= 0.6 is 24.0 Å². The van der Waals surface area contributed by atoms with Crippen LogP contribution in [0.25, 0.3) is 0 Å². The molecule has 1 saturated heterocycles. The molecular formula is C14H21Cl2N3O3S. The normalized spacial score (nSPS) is 16.3. The first kappa shape index (κ1) is 20.2. The van der Waals surface area contributed by atoms with Crippen LogP contribution < -0.4 is 4.90 Å². The molecule has 1 aromatic rings.